The Bertz CT molecular complexity index is 458. The smallest absolute Gasteiger partial charge is 0.202 e. The lowest BCUT2D eigenvalue weighted by atomic mass is 10.2. The minimum atomic E-state index is 1.20. The molecule has 0 radical (unpaired) electrons. The van der Waals surface area contributed by atoms with Gasteiger partial charge in [-0.15, -0.1) is 0 Å². The molecule has 0 saturated heterocycles. The SMILES string of the molecule is C[n+]1ccccc1/C=C/c1ccccc1. The van der Waals surface area contributed by atoms with Gasteiger partial charge in [-0.05, 0) is 17.7 Å². The highest BCUT2D eigenvalue weighted by Gasteiger charge is 1.97. The molecule has 0 fully saturated rings. The maximum absolute atomic E-state index is 2.12. The van der Waals surface area contributed by atoms with Gasteiger partial charge in [0, 0.05) is 18.2 Å². The predicted octanol–water partition coefficient (Wildman–Crippen LogP) is 2.68. The lowest BCUT2D eigenvalue weighted by Crippen LogP contribution is -2.30. The Hall–Kier alpha value is -1.89. The zero-order chi connectivity index (χ0) is 10.5. The van der Waals surface area contributed by atoms with Crippen molar-refractivity contribution in [3.63, 3.8) is 0 Å². The first kappa shape index (κ1) is 9.66. The van der Waals surface area contributed by atoms with Gasteiger partial charge in [-0.2, -0.15) is 0 Å². The molecule has 1 nitrogen and oxygen atoms in total. The minimum absolute atomic E-state index is 1.20. The minimum Gasteiger partial charge on any atom is -0.202 e. The standard InChI is InChI=1S/C14H14N/c1-15-12-6-5-9-14(15)11-10-13-7-3-2-4-8-13/h2-12H,1H3/q+1/b11-10+. The molecule has 0 amide bonds. The Morgan fingerprint density at radius 1 is 0.867 bits per heavy atom. The first-order valence-electron chi connectivity index (χ1n) is 5.04. The molecule has 1 aromatic heterocycles. The van der Waals surface area contributed by atoms with Gasteiger partial charge >= 0.3 is 0 Å². The van der Waals surface area contributed by atoms with E-state index in [0.29, 0.717) is 0 Å². The molecule has 0 spiro atoms. The summed E-state index contributed by atoms with van der Waals surface area (Å²) in [6.45, 7) is 0. The van der Waals surface area contributed by atoms with Gasteiger partial charge in [-0.25, -0.2) is 4.57 Å². The maximum atomic E-state index is 2.12. The zero-order valence-corrected chi connectivity index (χ0v) is 8.80. The third kappa shape index (κ3) is 2.53. The number of rotatable bonds is 2. The van der Waals surface area contributed by atoms with E-state index in [0.717, 1.165) is 0 Å². The highest BCUT2D eigenvalue weighted by atomic mass is 14.9. The lowest BCUT2D eigenvalue weighted by molar-refractivity contribution is -0.673. The molecule has 0 saturated carbocycles. The highest BCUT2D eigenvalue weighted by Crippen LogP contribution is 2.04. The third-order valence-electron chi connectivity index (χ3n) is 2.34. The molecule has 1 aromatic carbocycles. The van der Waals surface area contributed by atoms with Crippen molar-refractivity contribution in [1.29, 1.82) is 0 Å². The molecular formula is C14H14N+. The van der Waals surface area contributed by atoms with Crippen LogP contribution in [0.25, 0.3) is 12.2 Å². The summed E-state index contributed by atoms with van der Waals surface area (Å²) in [6, 6.07) is 16.5. The Balaban J connectivity index is 2.23. The first-order chi connectivity index (χ1) is 7.36. The van der Waals surface area contributed by atoms with Crippen molar-refractivity contribution in [2.75, 3.05) is 0 Å². The topological polar surface area (TPSA) is 3.88 Å². The van der Waals surface area contributed by atoms with E-state index < -0.39 is 0 Å². The second kappa shape index (κ2) is 4.56. The van der Waals surface area contributed by atoms with Gasteiger partial charge < -0.3 is 0 Å². The molecule has 74 valence electrons. The van der Waals surface area contributed by atoms with Crippen molar-refractivity contribution < 1.29 is 4.57 Å². The normalized spacial score (nSPS) is 10.7. The summed E-state index contributed by atoms with van der Waals surface area (Å²) < 4.78 is 2.10. The zero-order valence-electron chi connectivity index (χ0n) is 8.80. The van der Waals surface area contributed by atoms with Gasteiger partial charge in [0.05, 0.1) is 0 Å². The van der Waals surface area contributed by atoms with E-state index in [2.05, 4.69) is 34.9 Å². The fourth-order valence-electron chi connectivity index (χ4n) is 1.46. The second-order valence-corrected chi connectivity index (χ2v) is 3.48. The van der Waals surface area contributed by atoms with E-state index in [1.807, 2.05) is 43.6 Å². The molecule has 0 bridgehead atoms. The quantitative estimate of drug-likeness (QED) is 0.650. The molecule has 0 aliphatic heterocycles. The molecule has 15 heavy (non-hydrogen) atoms. The summed E-state index contributed by atoms with van der Waals surface area (Å²) >= 11 is 0. The Morgan fingerprint density at radius 2 is 1.60 bits per heavy atom. The van der Waals surface area contributed by atoms with Gasteiger partial charge in [0.15, 0.2) is 6.20 Å². The molecule has 0 unspecified atom stereocenters. The monoisotopic (exact) mass is 196 g/mol. The summed E-state index contributed by atoms with van der Waals surface area (Å²) in [7, 11) is 2.05. The van der Waals surface area contributed by atoms with E-state index in [1.54, 1.807) is 0 Å². The first-order valence-corrected chi connectivity index (χ1v) is 5.04. The number of hydrogen-bond acceptors (Lipinski definition) is 0. The summed E-state index contributed by atoms with van der Waals surface area (Å²) in [4.78, 5) is 0. The van der Waals surface area contributed by atoms with E-state index in [4.69, 9.17) is 0 Å². The van der Waals surface area contributed by atoms with E-state index in [-0.39, 0.29) is 0 Å². The van der Waals surface area contributed by atoms with Gasteiger partial charge in [0.25, 0.3) is 0 Å². The van der Waals surface area contributed by atoms with Crippen molar-refractivity contribution >= 4 is 12.2 Å². The predicted molar refractivity (Wildman–Crippen MR) is 63.0 cm³/mol. The molecule has 0 aliphatic carbocycles. The van der Waals surface area contributed by atoms with Crippen LogP contribution in [0.3, 0.4) is 0 Å². The fraction of sp³-hybridized carbons (Fsp3) is 0.0714. The average Bonchev–Trinajstić information content (AvgIpc) is 2.29. The number of hydrogen-bond donors (Lipinski definition) is 0. The number of benzene rings is 1. The molecule has 1 heteroatoms. The molecule has 0 N–H and O–H groups in total. The van der Waals surface area contributed by atoms with Crippen LogP contribution in [0.1, 0.15) is 11.3 Å². The maximum Gasteiger partial charge on any atom is 0.204 e. The second-order valence-electron chi connectivity index (χ2n) is 3.48. The van der Waals surface area contributed by atoms with Crippen molar-refractivity contribution in [1.82, 2.24) is 0 Å². The van der Waals surface area contributed by atoms with E-state index in [9.17, 15) is 0 Å². The fourth-order valence-corrected chi connectivity index (χ4v) is 1.46. The van der Waals surface area contributed by atoms with Crippen molar-refractivity contribution in [3.05, 3.63) is 66.0 Å². The lowest BCUT2D eigenvalue weighted by Gasteiger charge is -1.93. The third-order valence-corrected chi connectivity index (χ3v) is 2.34. The molecule has 2 rings (SSSR count). The molecular weight excluding hydrogens is 182 g/mol. The van der Waals surface area contributed by atoms with Crippen molar-refractivity contribution in [2.24, 2.45) is 7.05 Å². The van der Waals surface area contributed by atoms with Crippen LogP contribution in [0, 0.1) is 0 Å². The van der Waals surface area contributed by atoms with Crippen molar-refractivity contribution in [2.45, 2.75) is 0 Å². The van der Waals surface area contributed by atoms with Gasteiger partial charge in [0.1, 0.15) is 7.05 Å². The summed E-state index contributed by atoms with van der Waals surface area (Å²) in [5.74, 6) is 0. The molecule has 1 heterocycles. The number of nitrogens with zero attached hydrogens (tertiary/aromatic N) is 1. The number of aromatic nitrogens is 1. The van der Waals surface area contributed by atoms with Crippen LogP contribution in [-0.2, 0) is 7.05 Å². The van der Waals surface area contributed by atoms with Crippen LogP contribution in [-0.4, -0.2) is 0 Å². The summed E-state index contributed by atoms with van der Waals surface area (Å²) in [5.41, 5.74) is 2.42. The van der Waals surface area contributed by atoms with Gasteiger partial charge in [-0.3, -0.25) is 0 Å². The van der Waals surface area contributed by atoms with Gasteiger partial charge in [0.2, 0.25) is 5.69 Å². The van der Waals surface area contributed by atoms with Crippen LogP contribution < -0.4 is 4.57 Å². The number of pyridine rings is 1. The summed E-state index contributed by atoms with van der Waals surface area (Å²) in [6.07, 6.45) is 6.29. The van der Waals surface area contributed by atoms with Crippen molar-refractivity contribution in [3.8, 4) is 0 Å². The summed E-state index contributed by atoms with van der Waals surface area (Å²) in [5, 5.41) is 0. The Kier molecular flexibility index (Phi) is 2.93. The van der Waals surface area contributed by atoms with Crippen LogP contribution in [0.15, 0.2) is 54.7 Å². The molecule has 0 atom stereocenters. The highest BCUT2D eigenvalue weighted by molar-refractivity contribution is 5.66. The van der Waals surface area contributed by atoms with Crippen LogP contribution >= 0.6 is 0 Å². The van der Waals surface area contributed by atoms with Crippen LogP contribution in [0.2, 0.25) is 0 Å². The average molecular weight is 196 g/mol. The van der Waals surface area contributed by atoms with E-state index >= 15 is 0 Å². The van der Waals surface area contributed by atoms with Gasteiger partial charge in [-0.1, -0.05) is 30.3 Å². The largest absolute Gasteiger partial charge is 0.204 e. The number of aryl methyl sites for hydroxylation is 1. The van der Waals surface area contributed by atoms with Crippen LogP contribution in [0.4, 0.5) is 0 Å². The molecule has 2 aromatic rings. The Morgan fingerprint density at radius 3 is 2.33 bits per heavy atom. The van der Waals surface area contributed by atoms with Crippen LogP contribution in [0.5, 0.6) is 0 Å². The Labute approximate surface area is 90.3 Å². The van der Waals surface area contributed by atoms with E-state index in [1.165, 1.54) is 11.3 Å². The molecule has 0 aliphatic rings.